The SMILES string of the molecule is CCCCCC(=O)C=C[C@@H]1[C@@H](CCCCCCc2nn[nH]n2)[C@@H](OC(C)=O)C[C@H]1OC1CCCCO1. The van der Waals surface area contributed by atoms with E-state index in [1.807, 2.05) is 6.08 Å². The van der Waals surface area contributed by atoms with Gasteiger partial charge >= 0.3 is 5.97 Å². The smallest absolute Gasteiger partial charge is 0.302 e. The Balaban J connectivity index is 1.61. The predicted octanol–water partition coefficient (Wildman–Crippen LogP) is 4.88. The van der Waals surface area contributed by atoms with Crippen LogP contribution in [0.3, 0.4) is 0 Å². The highest BCUT2D eigenvalue weighted by Crippen LogP contribution is 2.41. The van der Waals surface area contributed by atoms with Gasteiger partial charge in [0.05, 0.1) is 6.10 Å². The average molecular weight is 505 g/mol. The summed E-state index contributed by atoms with van der Waals surface area (Å²) in [5.41, 5.74) is 0. The monoisotopic (exact) mass is 504 g/mol. The molecule has 3 rings (SSSR count). The van der Waals surface area contributed by atoms with Gasteiger partial charge in [0, 0.05) is 44.6 Å². The standard InChI is InChI=1S/C27H44N4O5/c1-3-4-7-12-21(33)16-17-23-22(13-8-5-6-9-14-26-28-30-31-29-26)24(35-20(2)32)19-25(23)36-27-15-10-11-18-34-27/h16-17,22-25,27H,3-15,18-19H2,1-2H3,(H,28,29,30,31)/t22-,23-,24+,25-,27?/m1/s1. The van der Waals surface area contributed by atoms with Crippen LogP contribution in [-0.2, 0) is 30.2 Å². The molecule has 9 heteroatoms. The second-order valence-corrected chi connectivity index (χ2v) is 10.2. The quantitative estimate of drug-likeness (QED) is 0.192. The van der Waals surface area contributed by atoms with Crippen molar-refractivity contribution in [2.24, 2.45) is 11.8 Å². The minimum atomic E-state index is -0.266. The van der Waals surface area contributed by atoms with Crippen molar-refractivity contribution in [1.82, 2.24) is 20.6 Å². The molecule has 0 bridgehead atoms. The summed E-state index contributed by atoms with van der Waals surface area (Å²) >= 11 is 0. The van der Waals surface area contributed by atoms with Crippen LogP contribution in [0.1, 0.15) is 103 Å². The first kappa shape index (κ1) is 28.4. The maximum absolute atomic E-state index is 12.5. The third-order valence-electron chi connectivity index (χ3n) is 7.26. The zero-order valence-electron chi connectivity index (χ0n) is 22.0. The van der Waals surface area contributed by atoms with Crippen LogP contribution in [0.25, 0.3) is 0 Å². The van der Waals surface area contributed by atoms with E-state index in [0.717, 1.165) is 82.9 Å². The van der Waals surface area contributed by atoms with Crippen LogP contribution in [0, 0.1) is 11.8 Å². The third-order valence-corrected chi connectivity index (χ3v) is 7.26. The molecule has 9 nitrogen and oxygen atoms in total. The topological polar surface area (TPSA) is 116 Å². The molecule has 0 aromatic carbocycles. The number of aromatic nitrogens is 4. The summed E-state index contributed by atoms with van der Waals surface area (Å²) in [4.78, 5) is 24.4. The number of H-pyrrole nitrogens is 1. The van der Waals surface area contributed by atoms with Crippen molar-refractivity contribution in [2.45, 2.75) is 122 Å². The molecule has 1 aromatic rings. The summed E-state index contributed by atoms with van der Waals surface area (Å²) in [7, 11) is 0. The number of nitrogens with one attached hydrogen (secondary N) is 1. The second-order valence-electron chi connectivity index (χ2n) is 10.2. The molecule has 2 heterocycles. The van der Waals surface area contributed by atoms with Crippen molar-refractivity contribution >= 4 is 11.8 Å². The van der Waals surface area contributed by atoms with Crippen LogP contribution in [0.4, 0.5) is 0 Å². The van der Waals surface area contributed by atoms with Crippen molar-refractivity contribution in [1.29, 1.82) is 0 Å². The fourth-order valence-corrected chi connectivity index (χ4v) is 5.39. The van der Waals surface area contributed by atoms with E-state index in [2.05, 4.69) is 27.5 Å². The molecule has 36 heavy (non-hydrogen) atoms. The van der Waals surface area contributed by atoms with Crippen LogP contribution in [0.2, 0.25) is 0 Å². The van der Waals surface area contributed by atoms with Gasteiger partial charge in [-0.1, -0.05) is 50.3 Å². The molecule has 5 atom stereocenters. The van der Waals surface area contributed by atoms with Gasteiger partial charge < -0.3 is 14.2 Å². The highest BCUT2D eigenvalue weighted by Gasteiger charge is 2.45. The third kappa shape index (κ3) is 9.73. The number of carbonyl (C=O) groups is 2. The molecule has 1 N–H and O–H groups in total. The van der Waals surface area contributed by atoms with Gasteiger partial charge in [-0.25, -0.2) is 0 Å². The minimum Gasteiger partial charge on any atom is -0.462 e. The maximum atomic E-state index is 12.5. The average Bonchev–Trinajstić information content (AvgIpc) is 3.48. The van der Waals surface area contributed by atoms with Crippen molar-refractivity contribution in [2.75, 3.05) is 6.61 Å². The molecule has 2 fully saturated rings. The van der Waals surface area contributed by atoms with Crippen molar-refractivity contribution < 1.29 is 23.8 Å². The number of hydrogen-bond acceptors (Lipinski definition) is 8. The Morgan fingerprint density at radius 1 is 1.11 bits per heavy atom. The van der Waals surface area contributed by atoms with E-state index < -0.39 is 0 Å². The molecule has 1 aliphatic carbocycles. The number of allylic oxidation sites excluding steroid dienone is 1. The Labute approximate surface area is 215 Å². The molecule has 0 amide bonds. The van der Waals surface area contributed by atoms with Crippen molar-refractivity contribution in [3.63, 3.8) is 0 Å². The first-order valence-electron chi connectivity index (χ1n) is 13.9. The summed E-state index contributed by atoms with van der Waals surface area (Å²) in [5, 5.41) is 14.1. The maximum Gasteiger partial charge on any atom is 0.302 e. The molecule has 1 aliphatic heterocycles. The number of aromatic amines is 1. The van der Waals surface area contributed by atoms with Crippen molar-refractivity contribution in [3.8, 4) is 0 Å². The lowest BCUT2D eigenvalue weighted by atomic mass is 9.87. The van der Waals surface area contributed by atoms with E-state index in [9.17, 15) is 9.59 Å². The molecular weight excluding hydrogens is 460 g/mol. The Bertz CT molecular complexity index is 794. The van der Waals surface area contributed by atoms with E-state index in [4.69, 9.17) is 14.2 Å². The lowest BCUT2D eigenvalue weighted by Crippen LogP contribution is -2.30. The summed E-state index contributed by atoms with van der Waals surface area (Å²) in [6.07, 6.45) is 16.5. The van der Waals surface area contributed by atoms with E-state index in [1.54, 1.807) is 6.08 Å². The Kier molecular flexibility index (Phi) is 12.5. The highest BCUT2D eigenvalue weighted by atomic mass is 16.7. The molecule has 202 valence electrons. The number of esters is 1. The molecule has 1 saturated carbocycles. The van der Waals surface area contributed by atoms with E-state index in [-0.39, 0.29) is 42.1 Å². The Morgan fingerprint density at radius 3 is 2.69 bits per heavy atom. The lowest BCUT2D eigenvalue weighted by molar-refractivity contribution is -0.193. The van der Waals surface area contributed by atoms with Gasteiger partial charge in [0.25, 0.3) is 0 Å². The molecule has 1 saturated heterocycles. The predicted molar refractivity (Wildman–Crippen MR) is 135 cm³/mol. The molecule has 1 aromatic heterocycles. The van der Waals surface area contributed by atoms with Crippen LogP contribution in [0.15, 0.2) is 12.2 Å². The van der Waals surface area contributed by atoms with Gasteiger partial charge in [0.15, 0.2) is 17.9 Å². The van der Waals surface area contributed by atoms with Crippen LogP contribution in [-0.4, -0.2) is 57.5 Å². The number of aryl methyl sites for hydroxylation is 1. The number of ether oxygens (including phenoxy) is 3. The number of rotatable bonds is 16. The Morgan fingerprint density at radius 2 is 1.97 bits per heavy atom. The zero-order valence-corrected chi connectivity index (χ0v) is 22.0. The van der Waals surface area contributed by atoms with Gasteiger partial charge in [-0.15, -0.1) is 10.2 Å². The van der Waals surface area contributed by atoms with Crippen LogP contribution < -0.4 is 0 Å². The number of unbranched alkanes of at least 4 members (excludes halogenated alkanes) is 5. The normalized spacial score (nSPS) is 26.4. The molecule has 1 unspecified atom stereocenters. The number of ketones is 1. The lowest BCUT2D eigenvalue weighted by Gasteiger charge is -2.29. The summed E-state index contributed by atoms with van der Waals surface area (Å²) < 4.78 is 18.1. The second kappa shape index (κ2) is 15.9. The Hall–Kier alpha value is -2.13. The van der Waals surface area contributed by atoms with E-state index in [1.165, 1.54) is 6.92 Å². The fraction of sp³-hybridized carbons (Fsp3) is 0.815. The van der Waals surface area contributed by atoms with Gasteiger partial charge in [-0.05, 0) is 44.6 Å². The van der Waals surface area contributed by atoms with Gasteiger partial charge in [-0.3, -0.25) is 9.59 Å². The number of carbonyl (C=O) groups excluding carboxylic acids is 2. The number of hydrogen-bond donors (Lipinski definition) is 1. The minimum absolute atomic E-state index is 0.0225. The van der Waals surface area contributed by atoms with E-state index in [0.29, 0.717) is 19.4 Å². The first-order valence-corrected chi connectivity index (χ1v) is 13.9. The van der Waals surface area contributed by atoms with Gasteiger partial charge in [0.2, 0.25) is 0 Å². The first-order chi connectivity index (χ1) is 17.6. The summed E-state index contributed by atoms with van der Waals surface area (Å²) in [6.45, 7) is 4.32. The zero-order chi connectivity index (χ0) is 25.6. The van der Waals surface area contributed by atoms with E-state index >= 15 is 0 Å². The molecule has 2 aliphatic rings. The summed E-state index contributed by atoms with van der Waals surface area (Å²) in [6, 6.07) is 0. The highest BCUT2D eigenvalue weighted by molar-refractivity contribution is 5.89. The number of tetrazole rings is 1. The van der Waals surface area contributed by atoms with Crippen molar-refractivity contribution in [3.05, 3.63) is 18.0 Å². The molecular formula is C27H44N4O5. The van der Waals surface area contributed by atoms with Crippen LogP contribution in [0.5, 0.6) is 0 Å². The molecule has 0 radical (unpaired) electrons. The van der Waals surface area contributed by atoms with Gasteiger partial charge in [-0.2, -0.15) is 5.21 Å². The molecule has 0 spiro atoms. The number of nitrogens with zero attached hydrogens (tertiary/aromatic N) is 3. The summed E-state index contributed by atoms with van der Waals surface area (Å²) in [5.74, 6) is 0.790. The largest absolute Gasteiger partial charge is 0.462 e. The van der Waals surface area contributed by atoms with Gasteiger partial charge in [0.1, 0.15) is 6.10 Å². The van der Waals surface area contributed by atoms with Crippen LogP contribution >= 0.6 is 0 Å². The fourth-order valence-electron chi connectivity index (χ4n) is 5.39.